The summed E-state index contributed by atoms with van der Waals surface area (Å²) < 4.78 is 0. The van der Waals surface area contributed by atoms with Gasteiger partial charge >= 0.3 is 0 Å². The lowest BCUT2D eigenvalue weighted by Gasteiger charge is -2.08. The van der Waals surface area contributed by atoms with Gasteiger partial charge in [-0.2, -0.15) is 0 Å². The minimum atomic E-state index is 0.572. The van der Waals surface area contributed by atoms with Crippen molar-refractivity contribution in [3.63, 3.8) is 0 Å². The molecular formula is C16H19N3S. The molecule has 0 amide bonds. The Kier molecular flexibility index (Phi) is 3.66. The van der Waals surface area contributed by atoms with Gasteiger partial charge in [0.05, 0.1) is 0 Å². The maximum atomic E-state index is 4.70. The molecule has 1 heterocycles. The topological polar surface area (TPSA) is 37.8 Å². The first-order valence-electron chi connectivity index (χ1n) is 6.97. The molecule has 20 heavy (non-hydrogen) atoms. The second-order valence-electron chi connectivity index (χ2n) is 5.32. The smallest absolute Gasteiger partial charge is 0.135 e. The van der Waals surface area contributed by atoms with Gasteiger partial charge in [0.2, 0.25) is 0 Å². The number of hydrogen-bond acceptors (Lipinski definition) is 4. The van der Waals surface area contributed by atoms with Crippen LogP contribution in [-0.2, 0) is 0 Å². The van der Waals surface area contributed by atoms with Crippen molar-refractivity contribution < 1.29 is 0 Å². The number of rotatable bonds is 4. The third-order valence-electron chi connectivity index (χ3n) is 3.62. The van der Waals surface area contributed by atoms with E-state index in [4.69, 9.17) is 4.98 Å². The maximum absolute atomic E-state index is 4.70. The molecule has 3 nitrogen and oxygen atoms in total. The first-order chi connectivity index (χ1) is 9.65. The van der Waals surface area contributed by atoms with E-state index in [1.807, 2.05) is 13.1 Å². The zero-order valence-corrected chi connectivity index (χ0v) is 12.9. The summed E-state index contributed by atoms with van der Waals surface area (Å²) >= 11 is 1.71. The second-order valence-corrected chi connectivity index (χ2v) is 6.42. The Balaban J connectivity index is 1.88. The molecule has 0 bridgehead atoms. The van der Waals surface area contributed by atoms with Crippen LogP contribution < -0.4 is 5.32 Å². The van der Waals surface area contributed by atoms with Crippen LogP contribution in [0.4, 0.5) is 5.82 Å². The molecule has 1 fully saturated rings. The minimum absolute atomic E-state index is 0.572. The van der Waals surface area contributed by atoms with Gasteiger partial charge in [0.1, 0.15) is 16.7 Å². The quantitative estimate of drug-likeness (QED) is 0.856. The molecule has 3 rings (SSSR count). The van der Waals surface area contributed by atoms with Crippen LogP contribution in [0.25, 0.3) is 0 Å². The van der Waals surface area contributed by atoms with Gasteiger partial charge in [0.25, 0.3) is 0 Å². The highest BCUT2D eigenvalue weighted by molar-refractivity contribution is 7.99. The fourth-order valence-electron chi connectivity index (χ4n) is 2.05. The largest absolute Gasteiger partial charge is 0.373 e. The zero-order valence-electron chi connectivity index (χ0n) is 12.1. The molecule has 0 saturated heterocycles. The van der Waals surface area contributed by atoms with Crippen LogP contribution >= 0.6 is 11.8 Å². The number of hydrogen-bond donors (Lipinski definition) is 1. The van der Waals surface area contributed by atoms with Crippen molar-refractivity contribution in [2.45, 2.75) is 42.5 Å². The Morgan fingerprint density at radius 3 is 2.55 bits per heavy atom. The van der Waals surface area contributed by atoms with E-state index in [0.717, 1.165) is 16.7 Å². The molecule has 1 aromatic carbocycles. The number of nitrogens with one attached hydrogen (secondary N) is 1. The van der Waals surface area contributed by atoms with Gasteiger partial charge in [0.15, 0.2) is 0 Å². The summed E-state index contributed by atoms with van der Waals surface area (Å²) in [4.78, 5) is 10.5. The Labute approximate surface area is 124 Å². The van der Waals surface area contributed by atoms with E-state index in [9.17, 15) is 0 Å². The highest BCUT2D eigenvalue weighted by atomic mass is 32.2. The predicted molar refractivity (Wildman–Crippen MR) is 83.6 cm³/mol. The monoisotopic (exact) mass is 285 g/mol. The molecule has 0 atom stereocenters. The lowest BCUT2D eigenvalue weighted by molar-refractivity contribution is 0.880. The number of aromatic nitrogens is 2. The van der Waals surface area contributed by atoms with Crippen molar-refractivity contribution >= 4 is 17.6 Å². The molecule has 0 aliphatic heterocycles. The van der Waals surface area contributed by atoms with Gasteiger partial charge in [-0.3, -0.25) is 0 Å². The maximum Gasteiger partial charge on any atom is 0.135 e. The molecule has 1 aliphatic carbocycles. The molecule has 104 valence electrons. The van der Waals surface area contributed by atoms with Crippen LogP contribution in [0, 0.1) is 13.8 Å². The summed E-state index contributed by atoms with van der Waals surface area (Å²) in [6, 6.07) is 8.56. The van der Waals surface area contributed by atoms with E-state index in [2.05, 4.69) is 42.3 Å². The SMILES string of the molecule is CNc1cc(Sc2ccc(C)c(C)c2)nc(C2CC2)n1. The van der Waals surface area contributed by atoms with Crippen LogP contribution in [-0.4, -0.2) is 17.0 Å². The van der Waals surface area contributed by atoms with Gasteiger partial charge < -0.3 is 5.32 Å². The molecule has 0 spiro atoms. The summed E-state index contributed by atoms with van der Waals surface area (Å²) in [7, 11) is 1.91. The molecule has 0 radical (unpaired) electrons. The molecular weight excluding hydrogens is 266 g/mol. The molecule has 1 saturated carbocycles. The van der Waals surface area contributed by atoms with Gasteiger partial charge in [-0.05, 0) is 49.9 Å². The third kappa shape index (κ3) is 2.96. The van der Waals surface area contributed by atoms with Crippen LogP contribution in [0.3, 0.4) is 0 Å². The second kappa shape index (κ2) is 5.44. The number of benzene rings is 1. The van der Waals surface area contributed by atoms with Gasteiger partial charge in [-0.15, -0.1) is 0 Å². The number of anilines is 1. The van der Waals surface area contributed by atoms with E-state index >= 15 is 0 Å². The van der Waals surface area contributed by atoms with Gasteiger partial charge in [-0.1, -0.05) is 17.8 Å². The van der Waals surface area contributed by atoms with E-state index in [-0.39, 0.29) is 0 Å². The number of aryl methyl sites for hydroxylation is 2. The molecule has 0 unspecified atom stereocenters. The summed E-state index contributed by atoms with van der Waals surface area (Å²) in [5, 5.41) is 4.15. The van der Waals surface area contributed by atoms with Crippen LogP contribution in [0.15, 0.2) is 34.2 Å². The fourth-order valence-corrected chi connectivity index (χ4v) is 2.97. The van der Waals surface area contributed by atoms with Crippen molar-refractivity contribution in [3.8, 4) is 0 Å². The molecule has 2 aromatic rings. The fraction of sp³-hybridized carbons (Fsp3) is 0.375. The summed E-state index contributed by atoms with van der Waals surface area (Å²) in [5.74, 6) is 2.47. The first-order valence-corrected chi connectivity index (χ1v) is 7.79. The summed E-state index contributed by atoms with van der Waals surface area (Å²) in [5.41, 5.74) is 2.65. The molecule has 1 aliphatic rings. The highest BCUT2D eigenvalue weighted by Gasteiger charge is 2.27. The third-order valence-corrected chi connectivity index (χ3v) is 4.53. The summed E-state index contributed by atoms with van der Waals surface area (Å²) in [6.45, 7) is 4.28. The predicted octanol–water partition coefficient (Wildman–Crippen LogP) is 4.16. The Hall–Kier alpha value is -1.55. The molecule has 1 N–H and O–H groups in total. The normalized spacial score (nSPS) is 14.3. The average Bonchev–Trinajstić information content (AvgIpc) is 3.27. The van der Waals surface area contributed by atoms with E-state index < -0.39 is 0 Å². The highest BCUT2D eigenvalue weighted by Crippen LogP contribution is 2.39. The van der Waals surface area contributed by atoms with Crippen molar-refractivity contribution in [2.24, 2.45) is 0 Å². The zero-order chi connectivity index (χ0) is 14.1. The molecule has 1 aromatic heterocycles. The average molecular weight is 285 g/mol. The van der Waals surface area contributed by atoms with Crippen LogP contribution in [0.1, 0.15) is 35.7 Å². The van der Waals surface area contributed by atoms with Gasteiger partial charge in [-0.25, -0.2) is 9.97 Å². The Bertz CT molecular complexity index is 636. The van der Waals surface area contributed by atoms with Crippen molar-refractivity contribution in [1.82, 2.24) is 9.97 Å². The lowest BCUT2D eigenvalue weighted by atomic mass is 10.1. The Morgan fingerprint density at radius 1 is 1.10 bits per heavy atom. The van der Waals surface area contributed by atoms with Crippen molar-refractivity contribution in [3.05, 3.63) is 41.2 Å². The Morgan fingerprint density at radius 2 is 1.90 bits per heavy atom. The van der Waals surface area contributed by atoms with Crippen molar-refractivity contribution in [1.29, 1.82) is 0 Å². The van der Waals surface area contributed by atoms with E-state index in [0.29, 0.717) is 5.92 Å². The summed E-state index contributed by atoms with van der Waals surface area (Å²) in [6.07, 6.45) is 2.45. The van der Waals surface area contributed by atoms with Crippen LogP contribution in [0.2, 0.25) is 0 Å². The minimum Gasteiger partial charge on any atom is -0.373 e. The first kappa shape index (κ1) is 13.4. The molecule has 4 heteroatoms. The van der Waals surface area contributed by atoms with Crippen LogP contribution in [0.5, 0.6) is 0 Å². The van der Waals surface area contributed by atoms with E-state index in [1.165, 1.54) is 28.9 Å². The van der Waals surface area contributed by atoms with E-state index in [1.54, 1.807) is 11.8 Å². The van der Waals surface area contributed by atoms with Gasteiger partial charge in [0, 0.05) is 23.9 Å². The number of nitrogens with zero attached hydrogens (tertiary/aromatic N) is 2. The standard InChI is InChI=1S/C16H19N3S/c1-10-4-7-13(8-11(10)2)20-15-9-14(17-3)18-16(19-15)12-5-6-12/h4,7-9,12H,5-6H2,1-3H3,(H,17,18,19). The lowest BCUT2D eigenvalue weighted by Crippen LogP contribution is -2.00. The van der Waals surface area contributed by atoms with Crippen molar-refractivity contribution in [2.75, 3.05) is 12.4 Å².